The summed E-state index contributed by atoms with van der Waals surface area (Å²) in [6.45, 7) is 0.447. The lowest BCUT2D eigenvalue weighted by Gasteiger charge is -2.31. The Hall–Kier alpha value is -3.74. The molecule has 4 rings (SSSR count). The number of benzene rings is 1. The second kappa shape index (κ2) is 10.6. The molecule has 0 spiro atoms. The number of amides is 2. The zero-order chi connectivity index (χ0) is 27.7. The van der Waals surface area contributed by atoms with Crippen molar-refractivity contribution in [2.45, 2.75) is 44.1 Å². The van der Waals surface area contributed by atoms with E-state index in [9.17, 15) is 37.1 Å². The van der Waals surface area contributed by atoms with E-state index in [4.69, 9.17) is 4.42 Å². The fraction of sp³-hybridized carbons (Fsp3) is 0.360. The highest BCUT2D eigenvalue weighted by Gasteiger charge is 2.42. The lowest BCUT2D eigenvalue weighted by molar-refractivity contribution is -0.146. The minimum atomic E-state index is -3.76. The summed E-state index contributed by atoms with van der Waals surface area (Å²) in [4.78, 5) is 41.2. The van der Waals surface area contributed by atoms with Crippen LogP contribution in [0.1, 0.15) is 52.2 Å². The van der Waals surface area contributed by atoms with Gasteiger partial charge in [-0.05, 0) is 48.1 Å². The smallest absolute Gasteiger partial charge is 0.358 e. The Bertz CT molecular complexity index is 1340. The quantitative estimate of drug-likeness (QED) is 0.385. The molecule has 1 saturated heterocycles. The number of thiophene rings is 1. The molecule has 8 nitrogen and oxygen atoms in total. The Balaban J connectivity index is 1.55. The van der Waals surface area contributed by atoms with Gasteiger partial charge in [0.25, 0.3) is 17.7 Å². The number of carbonyl (C=O) groups is 3. The van der Waals surface area contributed by atoms with E-state index in [1.165, 1.54) is 36.6 Å². The molecule has 3 aromatic rings. The van der Waals surface area contributed by atoms with Crippen molar-refractivity contribution in [1.82, 2.24) is 15.2 Å². The van der Waals surface area contributed by atoms with Crippen molar-refractivity contribution in [2.24, 2.45) is 0 Å². The predicted octanol–water partition coefficient (Wildman–Crippen LogP) is 4.87. The van der Waals surface area contributed by atoms with Gasteiger partial charge in [0, 0.05) is 25.1 Å². The third kappa shape index (κ3) is 5.72. The molecule has 1 atom stereocenters. The summed E-state index contributed by atoms with van der Waals surface area (Å²) in [5.41, 5.74) is 0.571. The summed E-state index contributed by atoms with van der Waals surface area (Å²) in [5.74, 6) is -11.3. The van der Waals surface area contributed by atoms with Crippen molar-refractivity contribution in [1.29, 1.82) is 0 Å². The number of piperidine rings is 1. The molecule has 2 aromatic heterocycles. The largest absolute Gasteiger partial charge is 0.481 e. The number of hydrogen-bond acceptors (Lipinski definition) is 6. The number of hydrogen-bond donors (Lipinski definition) is 2. The number of halogens is 4. The van der Waals surface area contributed by atoms with Gasteiger partial charge in [0.2, 0.25) is 5.89 Å². The summed E-state index contributed by atoms with van der Waals surface area (Å²) in [6.07, 6.45) is 0.881. The minimum Gasteiger partial charge on any atom is -0.481 e. The molecule has 1 aliphatic rings. The maximum Gasteiger partial charge on any atom is 0.358 e. The molecule has 0 saturated carbocycles. The second-order valence-corrected chi connectivity index (χ2v) is 9.88. The lowest BCUT2D eigenvalue weighted by atomic mass is 9.93. The molecule has 38 heavy (non-hydrogen) atoms. The van der Waals surface area contributed by atoms with Gasteiger partial charge in [0.05, 0.1) is 17.3 Å². The van der Waals surface area contributed by atoms with Crippen LogP contribution >= 0.6 is 11.3 Å². The van der Waals surface area contributed by atoms with E-state index in [1.54, 1.807) is 0 Å². The van der Waals surface area contributed by atoms with Crippen LogP contribution in [0.5, 0.6) is 0 Å². The molecular formula is C25H23F4N3O5S. The topological polar surface area (TPSA) is 113 Å². The first-order chi connectivity index (χ1) is 17.9. The highest BCUT2D eigenvalue weighted by atomic mass is 32.1. The van der Waals surface area contributed by atoms with Crippen LogP contribution in [-0.4, -0.2) is 51.8 Å². The van der Waals surface area contributed by atoms with E-state index in [0.717, 1.165) is 28.6 Å². The summed E-state index contributed by atoms with van der Waals surface area (Å²) in [7, 11) is 0. The zero-order valence-corrected chi connectivity index (χ0v) is 20.9. The standard InChI is InChI=1S/C25H23F4N3O5S/c1-14(22(34)35)17-10-15(5-6-16(17)11-30-23(36)25(28,29)19-4-2-9-38-19)20-31-18(12-37-20)21(33)32-8-3-7-24(26,27)13-32/h2,4-6,9-10,12,14H,3,7-8,11,13H2,1H3,(H,30,36)(H,34,35). The van der Waals surface area contributed by atoms with Crippen LogP contribution in [0.25, 0.3) is 11.5 Å². The first-order valence-corrected chi connectivity index (χ1v) is 12.5. The summed E-state index contributed by atoms with van der Waals surface area (Å²) in [6, 6.07) is 6.85. The van der Waals surface area contributed by atoms with Gasteiger partial charge < -0.3 is 19.7 Å². The molecule has 2 amide bonds. The predicted molar refractivity (Wildman–Crippen MR) is 128 cm³/mol. The maximum atomic E-state index is 14.4. The van der Waals surface area contributed by atoms with Crippen molar-refractivity contribution in [2.75, 3.05) is 13.1 Å². The number of carboxylic acids is 1. The maximum absolute atomic E-state index is 14.4. The van der Waals surface area contributed by atoms with E-state index >= 15 is 0 Å². The van der Waals surface area contributed by atoms with E-state index in [0.29, 0.717) is 0 Å². The Kier molecular flexibility index (Phi) is 7.58. The molecule has 3 heterocycles. The zero-order valence-electron chi connectivity index (χ0n) is 20.0. The van der Waals surface area contributed by atoms with Crippen LogP contribution in [0, 0.1) is 0 Å². The highest BCUT2D eigenvalue weighted by molar-refractivity contribution is 7.10. The van der Waals surface area contributed by atoms with Crippen LogP contribution in [-0.2, 0) is 22.1 Å². The number of nitrogens with zero attached hydrogens (tertiary/aromatic N) is 2. The van der Waals surface area contributed by atoms with Gasteiger partial charge in [-0.15, -0.1) is 11.3 Å². The Morgan fingerprint density at radius 2 is 2.05 bits per heavy atom. The number of carbonyl (C=O) groups excluding carboxylic acids is 2. The summed E-state index contributed by atoms with van der Waals surface area (Å²) < 4.78 is 61.6. The molecule has 1 fully saturated rings. The summed E-state index contributed by atoms with van der Waals surface area (Å²) in [5, 5.41) is 13.1. The molecule has 1 aliphatic heterocycles. The number of carboxylic acid groups (broad SMARTS) is 1. The van der Waals surface area contributed by atoms with Crippen LogP contribution in [0.2, 0.25) is 0 Å². The molecule has 0 bridgehead atoms. The Morgan fingerprint density at radius 3 is 2.71 bits per heavy atom. The van der Waals surface area contributed by atoms with Crippen molar-refractivity contribution in [3.05, 3.63) is 63.7 Å². The summed E-state index contributed by atoms with van der Waals surface area (Å²) >= 11 is 0.734. The molecule has 0 radical (unpaired) electrons. The SMILES string of the molecule is CC(C(=O)O)c1cc(-c2nc(C(=O)N3CCCC(F)(F)C3)co2)ccc1CNC(=O)C(F)(F)c1cccs1. The molecule has 13 heteroatoms. The van der Waals surface area contributed by atoms with Gasteiger partial charge >= 0.3 is 11.9 Å². The monoisotopic (exact) mass is 553 g/mol. The van der Waals surface area contributed by atoms with Gasteiger partial charge in [-0.1, -0.05) is 12.1 Å². The average Bonchev–Trinajstić information content (AvgIpc) is 3.59. The molecule has 202 valence electrons. The number of alkyl halides is 4. The Labute approximate surface area is 218 Å². The van der Waals surface area contributed by atoms with Crippen LogP contribution in [0.3, 0.4) is 0 Å². The highest BCUT2D eigenvalue weighted by Crippen LogP contribution is 2.33. The van der Waals surface area contributed by atoms with Crippen molar-refractivity contribution in [3.8, 4) is 11.5 Å². The first kappa shape index (κ1) is 27.3. The number of aliphatic carboxylic acids is 1. The van der Waals surface area contributed by atoms with Crippen LogP contribution in [0.4, 0.5) is 17.6 Å². The van der Waals surface area contributed by atoms with E-state index < -0.39 is 47.0 Å². The second-order valence-electron chi connectivity index (χ2n) is 8.93. The van der Waals surface area contributed by atoms with E-state index in [2.05, 4.69) is 10.3 Å². The first-order valence-electron chi connectivity index (χ1n) is 11.6. The Morgan fingerprint density at radius 1 is 1.29 bits per heavy atom. The van der Waals surface area contributed by atoms with Crippen LogP contribution in [0.15, 0.2) is 46.4 Å². The average molecular weight is 554 g/mol. The van der Waals surface area contributed by atoms with E-state index in [-0.39, 0.29) is 54.2 Å². The minimum absolute atomic E-state index is 0.0595. The van der Waals surface area contributed by atoms with Gasteiger partial charge in [-0.2, -0.15) is 8.78 Å². The number of aromatic nitrogens is 1. The molecule has 1 unspecified atom stereocenters. The van der Waals surface area contributed by atoms with Crippen molar-refractivity contribution < 1.29 is 41.5 Å². The van der Waals surface area contributed by atoms with Gasteiger partial charge in [-0.25, -0.2) is 13.8 Å². The van der Waals surface area contributed by atoms with E-state index in [1.807, 2.05) is 0 Å². The number of likely N-dealkylation sites (tertiary alicyclic amines) is 1. The number of nitrogens with one attached hydrogen (secondary N) is 1. The van der Waals surface area contributed by atoms with Crippen molar-refractivity contribution in [3.63, 3.8) is 0 Å². The van der Waals surface area contributed by atoms with Gasteiger partial charge in [0.15, 0.2) is 5.69 Å². The van der Waals surface area contributed by atoms with Crippen LogP contribution < -0.4 is 5.32 Å². The number of oxazole rings is 1. The fourth-order valence-electron chi connectivity index (χ4n) is 4.09. The third-order valence-corrected chi connectivity index (χ3v) is 7.13. The van der Waals surface area contributed by atoms with Gasteiger partial charge in [-0.3, -0.25) is 14.4 Å². The van der Waals surface area contributed by atoms with Gasteiger partial charge in [0.1, 0.15) is 6.26 Å². The number of rotatable bonds is 8. The molecular weight excluding hydrogens is 530 g/mol. The molecule has 0 aliphatic carbocycles. The third-order valence-electron chi connectivity index (χ3n) is 6.19. The normalized spacial score (nSPS) is 16.2. The van der Waals surface area contributed by atoms with Crippen molar-refractivity contribution >= 4 is 29.1 Å². The molecule has 1 aromatic carbocycles. The lowest BCUT2D eigenvalue weighted by Crippen LogP contribution is -2.45. The molecule has 2 N–H and O–H groups in total. The fourth-order valence-corrected chi connectivity index (χ4v) is 4.79.